The molecule has 0 atom stereocenters. The van der Waals surface area contributed by atoms with E-state index in [4.69, 9.17) is 14.6 Å². The molecule has 0 bridgehead atoms. The van der Waals surface area contributed by atoms with Gasteiger partial charge in [-0.1, -0.05) is 24.3 Å². The molecule has 0 aliphatic rings. The zero-order valence-corrected chi connectivity index (χ0v) is 27.0. The van der Waals surface area contributed by atoms with Crippen molar-refractivity contribution < 1.29 is 26.8 Å². The van der Waals surface area contributed by atoms with Crippen molar-refractivity contribution in [2.75, 3.05) is 13.1 Å². The normalized spacial score (nSPS) is 11.8. The number of hydrogen-bond acceptors (Lipinski definition) is 8. The second-order valence-electron chi connectivity index (χ2n) is 11.5. The molecule has 8 aromatic rings. The van der Waals surface area contributed by atoms with Crippen molar-refractivity contribution in [1.82, 2.24) is 34.4 Å². The molecule has 3 N–H and O–H groups in total. The van der Waals surface area contributed by atoms with Gasteiger partial charge in [0.1, 0.15) is 22.7 Å². The Balaban J connectivity index is 0.000000161. The molecule has 0 saturated heterocycles. The number of para-hydroxylation sites is 4. The van der Waals surface area contributed by atoms with Gasteiger partial charge < -0.3 is 29.0 Å². The molecule has 4 aromatic heterocycles. The van der Waals surface area contributed by atoms with E-state index in [1.807, 2.05) is 91.1 Å². The van der Waals surface area contributed by atoms with Crippen LogP contribution in [0.25, 0.3) is 67.2 Å². The Labute approximate surface area is 282 Å². The van der Waals surface area contributed by atoms with E-state index in [0.717, 1.165) is 56.7 Å². The zero-order valence-electron chi connectivity index (χ0n) is 27.0. The fourth-order valence-corrected chi connectivity index (χ4v) is 5.83. The summed E-state index contributed by atoms with van der Waals surface area (Å²) in [5.74, 6) is 0.732. The lowest BCUT2D eigenvalue weighted by Gasteiger charge is -2.10. The maximum absolute atomic E-state index is 12.3. The van der Waals surface area contributed by atoms with Crippen molar-refractivity contribution >= 4 is 50.2 Å². The Bertz CT molecular complexity index is 2430. The number of halogens is 3. The van der Waals surface area contributed by atoms with Crippen LogP contribution in [-0.4, -0.2) is 54.2 Å². The SMILES string of the molecule is Cc1nc2cc(-c3nc4ccccc4o3)ccc2n1CCN.Cc1nc2cc(-c3nc4ccccc4o3)ccc2n1CCNC(=O)C(F)(F)F. The highest BCUT2D eigenvalue weighted by molar-refractivity contribution is 5.85. The quantitative estimate of drug-likeness (QED) is 0.184. The molecular formula is C36H31F3N8O3. The van der Waals surface area contributed by atoms with Crippen molar-refractivity contribution in [1.29, 1.82) is 0 Å². The van der Waals surface area contributed by atoms with Gasteiger partial charge in [-0.05, 0) is 74.5 Å². The summed E-state index contributed by atoms with van der Waals surface area (Å²) in [5.41, 5.74) is 13.9. The summed E-state index contributed by atoms with van der Waals surface area (Å²) in [7, 11) is 0. The van der Waals surface area contributed by atoms with Gasteiger partial charge in [-0.3, -0.25) is 4.79 Å². The van der Waals surface area contributed by atoms with Crippen molar-refractivity contribution in [3.05, 3.63) is 96.6 Å². The fourth-order valence-electron chi connectivity index (χ4n) is 5.83. The van der Waals surface area contributed by atoms with Crippen LogP contribution in [0, 0.1) is 13.8 Å². The first kappa shape index (κ1) is 32.5. The standard InChI is InChI=1S/C19H15F3N4O2.C17H16N4O/c1-11-24-14-10-12(17-25-13-4-2-3-5-16(13)28-17)6-7-15(14)26(11)9-8-23-18(27)19(20,21)22;1-11-19-14-10-12(6-7-15(14)21(11)9-8-18)17-20-13-4-2-3-5-16(13)22-17/h2-7,10H,8-9H2,1H3,(H,23,27);2-7,10H,8-9,18H2,1H3. The third-order valence-corrected chi connectivity index (χ3v) is 8.19. The summed E-state index contributed by atoms with van der Waals surface area (Å²) in [4.78, 5) is 29.0. The van der Waals surface area contributed by atoms with Crippen LogP contribution in [-0.2, 0) is 17.9 Å². The van der Waals surface area contributed by atoms with E-state index in [1.165, 1.54) is 0 Å². The lowest BCUT2D eigenvalue weighted by molar-refractivity contribution is -0.173. The first-order valence-corrected chi connectivity index (χ1v) is 15.8. The van der Waals surface area contributed by atoms with Crippen LogP contribution in [0.15, 0.2) is 93.8 Å². The number of aromatic nitrogens is 6. The van der Waals surface area contributed by atoms with Crippen LogP contribution in [0.5, 0.6) is 0 Å². The molecule has 0 radical (unpaired) electrons. The number of imidazole rings is 2. The molecule has 0 unspecified atom stereocenters. The number of rotatable bonds is 7. The summed E-state index contributed by atoms with van der Waals surface area (Å²) >= 11 is 0. The maximum Gasteiger partial charge on any atom is 0.471 e. The van der Waals surface area contributed by atoms with Crippen LogP contribution >= 0.6 is 0 Å². The molecule has 8 rings (SSSR count). The number of nitrogens with one attached hydrogen (secondary N) is 1. The van der Waals surface area contributed by atoms with E-state index in [1.54, 1.807) is 11.5 Å². The van der Waals surface area contributed by atoms with Crippen molar-refractivity contribution in [2.45, 2.75) is 33.1 Å². The van der Waals surface area contributed by atoms with Gasteiger partial charge in [0.2, 0.25) is 11.8 Å². The van der Waals surface area contributed by atoms with Crippen molar-refractivity contribution in [2.24, 2.45) is 5.73 Å². The number of fused-ring (bicyclic) bond motifs is 4. The van der Waals surface area contributed by atoms with E-state index in [2.05, 4.69) is 30.6 Å². The minimum absolute atomic E-state index is 0.155. The number of carbonyl (C=O) groups excluding carboxylic acids is 1. The molecule has 254 valence electrons. The van der Waals surface area contributed by atoms with E-state index in [0.29, 0.717) is 35.3 Å². The smallest absolute Gasteiger partial charge is 0.436 e. The van der Waals surface area contributed by atoms with Gasteiger partial charge in [0.05, 0.1) is 22.1 Å². The number of amides is 1. The van der Waals surface area contributed by atoms with Gasteiger partial charge in [-0.2, -0.15) is 13.2 Å². The molecule has 0 spiro atoms. The molecule has 0 saturated carbocycles. The minimum Gasteiger partial charge on any atom is -0.436 e. The average molecular weight is 681 g/mol. The molecule has 11 nitrogen and oxygen atoms in total. The van der Waals surface area contributed by atoms with E-state index in [9.17, 15) is 18.0 Å². The molecule has 0 aliphatic heterocycles. The molecule has 4 heterocycles. The van der Waals surface area contributed by atoms with Gasteiger partial charge in [0, 0.05) is 37.3 Å². The summed E-state index contributed by atoms with van der Waals surface area (Å²) in [5, 5.41) is 1.87. The fraction of sp³-hybridized carbons (Fsp3) is 0.194. The summed E-state index contributed by atoms with van der Waals surface area (Å²) in [6.07, 6.45) is -4.89. The number of nitrogens with zero attached hydrogens (tertiary/aromatic N) is 6. The van der Waals surface area contributed by atoms with Gasteiger partial charge >= 0.3 is 12.1 Å². The topological polar surface area (TPSA) is 143 Å². The Hall–Kier alpha value is -6.02. The number of carbonyl (C=O) groups is 1. The van der Waals surface area contributed by atoms with Crippen molar-refractivity contribution in [3.63, 3.8) is 0 Å². The first-order valence-electron chi connectivity index (χ1n) is 15.8. The monoisotopic (exact) mass is 680 g/mol. The summed E-state index contributed by atoms with van der Waals surface area (Å²) in [6.45, 7) is 5.13. The first-order chi connectivity index (χ1) is 24.1. The second kappa shape index (κ2) is 13.1. The number of hydrogen-bond donors (Lipinski definition) is 2. The number of nitrogens with two attached hydrogens (primary N) is 1. The molecule has 0 fully saturated rings. The largest absolute Gasteiger partial charge is 0.471 e. The lowest BCUT2D eigenvalue weighted by Crippen LogP contribution is -2.38. The van der Waals surface area contributed by atoms with Crippen molar-refractivity contribution in [3.8, 4) is 22.9 Å². The Morgan fingerprint density at radius 1 is 0.700 bits per heavy atom. The van der Waals surface area contributed by atoms with Crippen LogP contribution in [0.4, 0.5) is 13.2 Å². The zero-order chi connectivity index (χ0) is 35.0. The van der Waals surface area contributed by atoms with E-state index >= 15 is 0 Å². The number of benzene rings is 4. The minimum atomic E-state index is -4.89. The highest BCUT2D eigenvalue weighted by atomic mass is 19.4. The number of aryl methyl sites for hydroxylation is 2. The van der Waals surface area contributed by atoms with Crippen LogP contribution in [0.3, 0.4) is 0 Å². The van der Waals surface area contributed by atoms with Crippen LogP contribution in [0.1, 0.15) is 11.6 Å². The molecule has 0 aliphatic carbocycles. The highest BCUT2D eigenvalue weighted by Gasteiger charge is 2.38. The molecule has 14 heteroatoms. The van der Waals surface area contributed by atoms with Crippen LogP contribution in [0.2, 0.25) is 0 Å². The van der Waals surface area contributed by atoms with Gasteiger partial charge in [-0.25, -0.2) is 19.9 Å². The van der Waals surface area contributed by atoms with Crippen LogP contribution < -0.4 is 11.1 Å². The molecular weight excluding hydrogens is 649 g/mol. The molecule has 4 aromatic carbocycles. The molecule has 1 amide bonds. The number of alkyl halides is 3. The van der Waals surface area contributed by atoms with E-state index < -0.39 is 12.1 Å². The molecule has 50 heavy (non-hydrogen) atoms. The Kier molecular flexibility index (Phi) is 8.53. The summed E-state index contributed by atoms with van der Waals surface area (Å²) in [6, 6.07) is 26.7. The highest BCUT2D eigenvalue weighted by Crippen LogP contribution is 2.29. The number of oxazole rings is 2. The Morgan fingerprint density at radius 2 is 1.18 bits per heavy atom. The lowest BCUT2D eigenvalue weighted by atomic mass is 10.2. The maximum atomic E-state index is 12.3. The third-order valence-electron chi connectivity index (χ3n) is 8.19. The third kappa shape index (κ3) is 6.40. The average Bonchev–Trinajstić information content (AvgIpc) is 3.87. The predicted molar refractivity (Wildman–Crippen MR) is 183 cm³/mol. The predicted octanol–water partition coefficient (Wildman–Crippen LogP) is 6.94. The van der Waals surface area contributed by atoms with Gasteiger partial charge in [0.25, 0.3) is 0 Å². The summed E-state index contributed by atoms with van der Waals surface area (Å²) < 4.78 is 52.3. The van der Waals surface area contributed by atoms with E-state index in [-0.39, 0.29) is 13.1 Å². The van der Waals surface area contributed by atoms with Gasteiger partial charge in [0.15, 0.2) is 11.2 Å². The van der Waals surface area contributed by atoms with Gasteiger partial charge in [-0.15, -0.1) is 0 Å². The second-order valence-corrected chi connectivity index (χ2v) is 11.5. The Morgan fingerprint density at radius 3 is 1.64 bits per heavy atom.